The first-order chi connectivity index (χ1) is 9.50. The molecule has 5 heteroatoms. The summed E-state index contributed by atoms with van der Waals surface area (Å²) < 4.78 is 5.66. The molecule has 4 N–H and O–H groups in total. The lowest BCUT2D eigenvalue weighted by Crippen LogP contribution is -2.32. The average molecular weight is 280 g/mol. The summed E-state index contributed by atoms with van der Waals surface area (Å²) in [4.78, 5) is 10.5. The van der Waals surface area contributed by atoms with Crippen molar-refractivity contribution in [2.24, 2.45) is 5.73 Å². The second-order valence-electron chi connectivity index (χ2n) is 4.96. The molecule has 0 saturated carbocycles. The normalized spacial score (nSPS) is 12.2. The van der Waals surface area contributed by atoms with E-state index in [0.717, 1.165) is 16.9 Å². The van der Waals surface area contributed by atoms with Crippen LogP contribution in [0.15, 0.2) is 18.2 Å². The third-order valence-electron chi connectivity index (χ3n) is 2.99. The minimum absolute atomic E-state index is 0.245. The van der Waals surface area contributed by atoms with E-state index in [1.165, 1.54) is 0 Å². The fourth-order valence-electron chi connectivity index (χ4n) is 1.92. The number of carbonyl (C=O) groups excluding carboxylic acids is 1. The van der Waals surface area contributed by atoms with Gasteiger partial charge in [-0.15, -0.1) is 0 Å². The van der Waals surface area contributed by atoms with Crippen LogP contribution in [0.2, 0.25) is 0 Å². The Hall–Kier alpha value is -1.59. The smallest absolute Gasteiger partial charge is 0.217 e. The van der Waals surface area contributed by atoms with Crippen LogP contribution in [0.3, 0.4) is 0 Å². The van der Waals surface area contributed by atoms with Crippen LogP contribution >= 0.6 is 0 Å². The van der Waals surface area contributed by atoms with Gasteiger partial charge < -0.3 is 20.9 Å². The number of primary amides is 1. The largest absolute Gasteiger partial charge is 0.490 e. The zero-order chi connectivity index (χ0) is 15.0. The lowest BCUT2D eigenvalue weighted by atomic mass is 10.1. The number of benzene rings is 1. The van der Waals surface area contributed by atoms with E-state index in [9.17, 15) is 9.90 Å². The maximum atomic E-state index is 10.5. The Labute approximate surface area is 120 Å². The summed E-state index contributed by atoms with van der Waals surface area (Å²) in [5.41, 5.74) is 7.16. The van der Waals surface area contributed by atoms with Crippen LogP contribution in [-0.2, 0) is 4.79 Å². The number of nitrogens with one attached hydrogen (secondary N) is 1. The van der Waals surface area contributed by atoms with E-state index in [0.29, 0.717) is 25.9 Å². The van der Waals surface area contributed by atoms with Gasteiger partial charge in [-0.25, -0.2) is 0 Å². The molecule has 0 aromatic heterocycles. The van der Waals surface area contributed by atoms with Gasteiger partial charge >= 0.3 is 0 Å². The molecule has 1 unspecified atom stereocenters. The number of para-hydroxylation sites is 1. The highest BCUT2D eigenvalue weighted by Gasteiger charge is 2.08. The molecule has 0 saturated heterocycles. The van der Waals surface area contributed by atoms with Crippen molar-refractivity contribution in [1.82, 2.24) is 5.32 Å². The van der Waals surface area contributed by atoms with E-state index in [-0.39, 0.29) is 12.5 Å². The first-order valence-corrected chi connectivity index (χ1v) is 6.86. The Bertz CT molecular complexity index is 415. The Kier molecular flexibility index (Phi) is 7.04. The monoisotopic (exact) mass is 280 g/mol. The molecule has 0 spiro atoms. The standard InChI is InChI=1S/C15H24N2O3/c1-11-5-3-6-12(2)15(11)20-10-13(18)9-17-8-4-7-14(16)19/h3,5-6,13,17-18H,4,7-10H2,1-2H3,(H2,16,19). The van der Waals surface area contributed by atoms with Gasteiger partial charge in [0.2, 0.25) is 5.91 Å². The average Bonchev–Trinajstić information content (AvgIpc) is 2.37. The summed E-state index contributed by atoms with van der Waals surface area (Å²) >= 11 is 0. The van der Waals surface area contributed by atoms with E-state index >= 15 is 0 Å². The molecule has 1 aromatic rings. The minimum Gasteiger partial charge on any atom is -0.490 e. The molecule has 0 radical (unpaired) electrons. The van der Waals surface area contributed by atoms with E-state index in [4.69, 9.17) is 10.5 Å². The highest BCUT2D eigenvalue weighted by Crippen LogP contribution is 2.22. The Balaban J connectivity index is 2.23. The number of aliphatic hydroxyl groups is 1. The zero-order valence-electron chi connectivity index (χ0n) is 12.2. The van der Waals surface area contributed by atoms with E-state index in [2.05, 4.69) is 5.32 Å². The van der Waals surface area contributed by atoms with Gasteiger partial charge in [0.1, 0.15) is 18.5 Å². The van der Waals surface area contributed by atoms with Crippen LogP contribution < -0.4 is 15.8 Å². The summed E-state index contributed by atoms with van der Waals surface area (Å²) in [5.74, 6) is 0.533. The molecule has 1 atom stereocenters. The third-order valence-corrected chi connectivity index (χ3v) is 2.99. The number of amides is 1. The summed E-state index contributed by atoms with van der Waals surface area (Å²) in [5, 5.41) is 12.9. The van der Waals surface area contributed by atoms with Crippen LogP contribution in [0, 0.1) is 13.8 Å². The lowest BCUT2D eigenvalue weighted by Gasteiger charge is -2.16. The molecule has 0 aliphatic heterocycles. The third kappa shape index (κ3) is 6.04. The van der Waals surface area contributed by atoms with Crippen molar-refractivity contribution in [3.63, 3.8) is 0 Å². The predicted octanol–water partition coefficient (Wildman–Crippen LogP) is 0.898. The Morgan fingerprint density at radius 1 is 1.40 bits per heavy atom. The second-order valence-corrected chi connectivity index (χ2v) is 4.96. The van der Waals surface area contributed by atoms with Gasteiger partial charge in [-0.1, -0.05) is 18.2 Å². The van der Waals surface area contributed by atoms with Crippen LogP contribution in [0.25, 0.3) is 0 Å². The van der Waals surface area contributed by atoms with Gasteiger partial charge in [-0.3, -0.25) is 4.79 Å². The Morgan fingerprint density at radius 3 is 2.65 bits per heavy atom. The lowest BCUT2D eigenvalue weighted by molar-refractivity contribution is -0.118. The van der Waals surface area contributed by atoms with Crippen molar-refractivity contribution in [3.05, 3.63) is 29.3 Å². The van der Waals surface area contributed by atoms with Crippen molar-refractivity contribution in [2.75, 3.05) is 19.7 Å². The molecule has 1 amide bonds. The van der Waals surface area contributed by atoms with Crippen LogP contribution in [-0.4, -0.2) is 36.8 Å². The van der Waals surface area contributed by atoms with Crippen LogP contribution in [0.4, 0.5) is 0 Å². The fourth-order valence-corrected chi connectivity index (χ4v) is 1.92. The number of aliphatic hydroxyl groups excluding tert-OH is 1. The van der Waals surface area contributed by atoms with Crippen molar-refractivity contribution >= 4 is 5.91 Å². The summed E-state index contributed by atoms with van der Waals surface area (Å²) in [6, 6.07) is 5.95. The van der Waals surface area contributed by atoms with Gasteiger partial charge in [0.15, 0.2) is 0 Å². The molecular formula is C15H24N2O3. The van der Waals surface area contributed by atoms with E-state index < -0.39 is 6.10 Å². The van der Waals surface area contributed by atoms with Crippen LogP contribution in [0.5, 0.6) is 5.75 Å². The molecule has 0 aliphatic carbocycles. The van der Waals surface area contributed by atoms with Gasteiger partial charge in [0, 0.05) is 13.0 Å². The van der Waals surface area contributed by atoms with E-state index in [1.807, 2.05) is 32.0 Å². The number of ether oxygens (including phenoxy) is 1. The van der Waals surface area contributed by atoms with Crippen molar-refractivity contribution in [2.45, 2.75) is 32.8 Å². The summed E-state index contributed by atoms with van der Waals surface area (Å²) in [6.45, 7) is 5.30. The molecule has 0 heterocycles. The molecule has 0 aliphatic rings. The first-order valence-electron chi connectivity index (χ1n) is 6.86. The maximum Gasteiger partial charge on any atom is 0.217 e. The highest BCUT2D eigenvalue weighted by molar-refractivity contribution is 5.73. The van der Waals surface area contributed by atoms with Gasteiger partial charge in [-0.2, -0.15) is 0 Å². The summed E-state index contributed by atoms with van der Waals surface area (Å²) in [6.07, 6.45) is 0.463. The molecule has 0 bridgehead atoms. The molecule has 20 heavy (non-hydrogen) atoms. The maximum absolute atomic E-state index is 10.5. The second kappa shape index (κ2) is 8.55. The zero-order valence-corrected chi connectivity index (χ0v) is 12.2. The van der Waals surface area contributed by atoms with Gasteiger partial charge in [0.05, 0.1) is 0 Å². The number of hydrogen-bond acceptors (Lipinski definition) is 4. The van der Waals surface area contributed by atoms with Crippen molar-refractivity contribution < 1.29 is 14.6 Å². The molecule has 1 aromatic carbocycles. The molecule has 5 nitrogen and oxygen atoms in total. The fraction of sp³-hybridized carbons (Fsp3) is 0.533. The first kappa shape index (κ1) is 16.5. The van der Waals surface area contributed by atoms with Crippen LogP contribution in [0.1, 0.15) is 24.0 Å². The van der Waals surface area contributed by atoms with Crippen molar-refractivity contribution in [3.8, 4) is 5.75 Å². The summed E-state index contributed by atoms with van der Waals surface area (Å²) in [7, 11) is 0. The van der Waals surface area contributed by atoms with Gasteiger partial charge in [-0.05, 0) is 37.9 Å². The van der Waals surface area contributed by atoms with Gasteiger partial charge in [0.25, 0.3) is 0 Å². The predicted molar refractivity (Wildman–Crippen MR) is 78.7 cm³/mol. The molecule has 0 fully saturated rings. The molecule has 1 rings (SSSR count). The van der Waals surface area contributed by atoms with E-state index in [1.54, 1.807) is 0 Å². The molecule has 112 valence electrons. The Morgan fingerprint density at radius 2 is 2.05 bits per heavy atom. The number of carbonyl (C=O) groups is 1. The topological polar surface area (TPSA) is 84.6 Å². The quantitative estimate of drug-likeness (QED) is 0.587. The number of hydrogen-bond donors (Lipinski definition) is 3. The number of aryl methyl sites for hydroxylation is 2. The molecular weight excluding hydrogens is 256 g/mol. The number of nitrogens with two attached hydrogens (primary N) is 1. The van der Waals surface area contributed by atoms with Crippen molar-refractivity contribution in [1.29, 1.82) is 0 Å². The minimum atomic E-state index is -0.581. The SMILES string of the molecule is Cc1cccc(C)c1OCC(O)CNCCCC(N)=O. The highest BCUT2D eigenvalue weighted by atomic mass is 16.5. The number of rotatable bonds is 9.